The fraction of sp³-hybridized carbons (Fsp3) is 0.440. The first-order chi connectivity index (χ1) is 16.1. The smallest absolute Gasteiger partial charge is 0.184 e. The monoisotopic (exact) mass is 445 g/mol. The Labute approximate surface area is 194 Å². The van der Waals surface area contributed by atoms with E-state index in [4.69, 9.17) is 14.8 Å². The second-order valence-electron chi connectivity index (χ2n) is 9.14. The van der Waals surface area contributed by atoms with E-state index in [1.165, 1.54) is 12.1 Å². The predicted molar refractivity (Wildman–Crippen MR) is 127 cm³/mol. The minimum atomic E-state index is -0.541. The van der Waals surface area contributed by atoms with Crippen LogP contribution in [0.1, 0.15) is 49.3 Å². The van der Waals surface area contributed by atoms with Gasteiger partial charge < -0.3 is 9.64 Å². The Balaban J connectivity index is 0.000000332. The van der Waals surface area contributed by atoms with E-state index in [1.807, 2.05) is 40.9 Å². The maximum absolute atomic E-state index is 5.97. The third-order valence-electron chi connectivity index (χ3n) is 6.93. The van der Waals surface area contributed by atoms with Gasteiger partial charge in [0, 0.05) is 20.2 Å². The molecule has 0 bridgehead atoms. The molecule has 172 valence electrons. The zero-order valence-electron chi connectivity index (χ0n) is 19.5. The molecule has 6 rings (SSSR count). The fourth-order valence-corrected chi connectivity index (χ4v) is 4.93. The summed E-state index contributed by atoms with van der Waals surface area (Å²) in [6.07, 6.45) is 6.74. The fourth-order valence-electron chi connectivity index (χ4n) is 4.93. The lowest BCUT2D eigenvalue weighted by Crippen LogP contribution is -2.45. The normalized spacial score (nSPS) is 24.4. The molecule has 3 aromatic heterocycles. The number of pyridine rings is 1. The van der Waals surface area contributed by atoms with Crippen molar-refractivity contribution in [1.29, 1.82) is 0 Å². The number of fused-ring (bicyclic) bond motifs is 1. The van der Waals surface area contributed by atoms with Crippen molar-refractivity contribution in [2.75, 3.05) is 25.1 Å². The van der Waals surface area contributed by atoms with Crippen molar-refractivity contribution in [2.24, 2.45) is 5.92 Å². The van der Waals surface area contributed by atoms with Gasteiger partial charge in [-0.2, -0.15) is 5.10 Å². The molecule has 1 saturated carbocycles. The van der Waals surface area contributed by atoms with Crippen LogP contribution >= 0.6 is 0 Å². The maximum atomic E-state index is 5.97. The number of hydrogen-bond acceptors (Lipinski definition) is 6. The van der Waals surface area contributed by atoms with Gasteiger partial charge >= 0.3 is 0 Å². The van der Waals surface area contributed by atoms with Crippen LogP contribution < -0.4 is 4.90 Å². The summed E-state index contributed by atoms with van der Waals surface area (Å²) in [7, 11) is 1.73. The second-order valence-corrected chi connectivity index (χ2v) is 9.14. The molecular weight excluding hydrogens is 414 g/mol. The highest BCUT2D eigenvalue weighted by molar-refractivity contribution is 5.57. The summed E-state index contributed by atoms with van der Waals surface area (Å²) in [4.78, 5) is 11.6. The van der Waals surface area contributed by atoms with Gasteiger partial charge in [0.1, 0.15) is 17.8 Å². The van der Waals surface area contributed by atoms with Gasteiger partial charge in [0.05, 0.1) is 17.8 Å². The summed E-state index contributed by atoms with van der Waals surface area (Å²) in [5.74, 6) is 2.40. The zero-order valence-corrected chi connectivity index (χ0v) is 19.5. The Morgan fingerprint density at radius 1 is 1.12 bits per heavy atom. The third-order valence-corrected chi connectivity index (χ3v) is 6.93. The average Bonchev–Trinajstić information content (AvgIpc) is 3.57. The molecule has 0 spiro atoms. The highest BCUT2D eigenvalue weighted by Crippen LogP contribution is 2.53. The molecule has 0 amide bonds. The number of methoxy groups -OCH3 is 1. The van der Waals surface area contributed by atoms with Gasteiger partial charge in [-0.3, -0.25) is 5.10 Å². The van der Waals surface area contributed by atoms with Crippen LogP contribution in [-0.2, 0) is 10.3 Å². The summed E-state index contributed by atoms with van der Waals surface area (Å²) >= 11 is 0. The topological polar surface area (TPSA) is 84.2 Å². The third kappa shape index (κ3) is 3.99. The highest BCUT2D eigenvalue weighted by atomic mass is 16.5. The summed E-state index contributed by atoms with van der Waals surface area (Å²) in [5.41, 5.74) is 2.70. The number of H-pyrrole nitrogens is 1. The van der Waals surface area contributed by atoms with Crippen molar-refractivity contribution in [2.45, 2.75) is 44.6 Å². The lowest BCUT2D eigenvalue weighted by Gasteiger charge is -2.44. The lowest BCUT2D eigenvalue weighted by molar-refractivity contribution is -0.108. The van der Waals surface area contributed by atoms with Gasteiger partial charge in [-0.1, -0.05) is 43.3 Å². The lowest BCUT2D eigenvalue weighted by atomic mass is 9.68. The maximum Gasteiger partial charge on any atom is 0.184 e. The number of anilines is 1. The first kappa shape index (κ1) is 21.6. The van der Waals surface area contributed by atoms with Crippen LogP contribution in [0.25, 0.3) is 5.65 Å². The number of aryl methyl sites for hydroxylation is 1. The molecule has 2 aliphatic rings. The molecule has 33 heavy (non-hydrogen) atoms. The molecule has 8 nitrogen and oxygen atoms in total. The van der Waals surface area contributed by atoms with Crippen LogP contribution in [0.5, 0.6) is 0 Å². The van der Waals surface area contributed by atoms with E-state index in [1.54, 1.807) is 13.4 Å². The van der Waals surface area contributed by atoms with Gasteiger partial charge in [0.2, 0.25) is 0 Å². The van der Waals surface area contributed by atoms with Crippen LogP contribution in [-0.4, -0.2) is 50.0 Å². The van der Waals surface area contributed by atoms with E-state index in [0.29, 0.717) is 0 Å². The average molecular weight is 446 g/mol. The first-order valence-electron chi connectivity index (χ1n) is 11.6. The molecular formula is C25H31N7O. The summed E-state index contributed by atoms with van der Waals surface area (Å²) in [6.45, 7) is 6.61. The van der Waals surface area contributed by atoms with Crippen molar-refractivity contribution in [1.82, 2.24) is 29.8 Å². The Morgan fingerprint density at radius 3 is 2.42 bits per heavy atom. The van der Waals surface area contributed by atoms with Gasteiger partial charge in [-0.15, -0.1) is 5.10 Å². The molecule has 2 fully saturated rings. The van der Waals surface area contributed by atoms with Gasteiger partial charge in [0.25, 0.3) is 0 Å². The molecule has 4 aromatic rings. The van der Waals surface area contributed by atoms with Crippen LogP contribution in [0, 0.1) is 12.8 Å². The van der Waals surface area contributed by atoms with Crippen LogP contribution in [0.15, 0.2) is 55.0 Å². The van der Waals surface area contributed by atoms with Crippen molar-refractivity contribution in [3.63, 3.8) is 0 Å². The quantitative estimate of drug-likeness (QED) is 0.509. The van der Waals surface area contributed by atoms with Crippen molar-refractivity contribution < 1.29 is 4.74 Å². The number of benzene rings is 1. The molecule has 1 aliphatic heterocycles. The Kier molecular flexibility index (Phi) is 5.85. The number of ether oxygens (including phenoxy) is 1. The van der Waals surface area contributed by atoms with Gasteiger partial charge in [-0.25, -0.2) is 14.5 Å². The molecule has 1 aliphatic carbocycles. The SMILES string of the molecule is COC1(c2nc3c(C)cc(N4CCC(C)C4)cn3n2)CCC1c1ncn[nH]1.c1ccccc1. The zero-order chi connectivity index (χ0) is 22.8. The van der Waals surface area contributed by atoms with Crippen molar-refractivity contribution in [3.8, 4) is 0 Å². The van der Waals surface area contributed by atoms with E-state index < -0.39 is 5.60 Å². The molecule has 0 radical (unpaired) electrons. The van der Waals surface area contributed by atoms with Gasteiger partial charge in [-0.05, 0) is 43.7 Å². The van der Waals surface area contributed by atoms with Crippen LogP contribution in [0.4, 0.5) is 5.69 Å². The summed E-state index contributed by atoms with van der Waals surface area (Å²) in [6, 6.07) is 14.2. The minimum absolute atomic E-state index is 0.0987. The number of nitrogens with one attached hydrogen (secondary N) is 1. The van der Waals surface area contributed by atoms with E-state index >= 15 is 0 Å². The van der Waals surface area contributed by atoms with Crippen molar-refractivity contribution >= 4 is 11.3 Å². The van der Waals surface area contributed by atoms with Gasteiger partial charge in [0.15, 0.2) is 11.5 Å². The summed E-state index contributed by atoms with van der Waals surface area (Å²) in [5, 5.41) is 11.8. The van der Waals surface area contributed by atoms with E-state index in [9.17, 15) is 0 Å². The molecule has 1 aromatic carbocycles. The minimum Gasteiger partial charge on any atom is -0.370 e. The van der Waals surface area contributed by atoms with Crippen molar-refractivity contribution in [3.05, 3.63) is 72.2 Å². The molecule has 3 atom stereocenters. The first-order valence-corrected chi connectivity index (χ1v) is 11.6. The largest absolute Gasteiger partial charge is 0.370 e. The molecule has 4 heterocycles. The van der Waals surface area contributed by atoms with E-state index in [-0.39, 0.29) is 5.92 Å². The molecule has 1 saturated heterocycles. The highest BCUT2D eigenvalue weighted by Gasteiger charge is 2.54. The Hall–Kier alpha value is -3.26. The van der Waals surface area contributed by atoms with Crippen LogP contribution in [0.3, 0.4) is 0 Å². The molecule has 3 unspecified atom stereocenters. The number of nitrogens with zero attached hydrogens (tertiary/aromatic N) is 6. The predicted octanol–water partition coefficient (Wildman–Crippen LogP) is 4.11. The second kappa shape index (κ2) is 8.94. The number of aromatic amines is 1. The standard InChI is InChI=1S/C19H25N7O.C6H6/c1-12-5-7-25(9-12)14-8-13(2)17-22-18(24-26(17)10-14)19(27-3)6-4-15(19)16-20-11-21-23-16;1-2-4-6-5-3-1/h8,10-12,15H,4-7,9H2,1-3H3,(H,20,21,23);1-6H. The molecule has 8 heteroatoms. The Bertz CT molecular complexity index is 1160. The number of hydrogen-bond donors (Lipinski definition) is 1. The Morgan fingerprint density at radius 2 is 1.88 bits per heavy atom. The summed E-state index contributed by atoms with van der Waals surface area (Å²) < 4.78 is 7.89. The molecule has 1 N–H and O–H groups in total. The van der Waals surface area contributed by atoms with E-state index in [2.05, 4.69) is 46.2 Å². The van der Waals surface area contributed by atoms with E-state index in [0.717, 1.165) is 54.7 Å². The number of rotatable bonds is 4. The van der Waals surface area contributed by atoms with Crippen LogP contribution in [0.2, 0.25) is 0 Å². The number of aromatic nitrogens is 6.